The third-order valence-corrected chi connectivity index (χ3v) is 3.05. The van der Waals surface area contributed by atoms with E-state index >= 15 is 0 Å². The fraction of sp³-hybridized carbons (Fsp3) is 0.357. The number of aromatic nitrogens is 3. The van der Waals surface area contributed by atoms with Crippen molar-refractivity contribution in [3.63, 3.8) is 0 Å². The Morgan fingerprint density at radius 1 is 1.21 bits per heavy atom. The minimum absolute atomic E-state index is 0.0110. The standard InChI is InChI=1S/C14H17N3O2/c1-5-17-15-12(13(16-17)14(18)19)11-9(3)6-8(2)7-10(11)4/h6-7H,5H2,1-4H3,(H,18,19). The van der Waals surface area contributed by atoms with Gasteiger partial charge in [-0.1, -0.05) is 17.7 Å². The molecule has 5 heteroatoms. The van der Waals surface area contributed by atoms with Crippen molar-refractivity contribution in [3.8, 4) is 11.3 Å². The number of carboxylic acid groups (broad SMARTS) is 1. The first kappa shape index (κ1) is 13.3. The lowest BCUT2D eigenvalue weighted by Gasteiger charge is -2.09. The molecule has 0 aliphatic carbocycles. The molecule has 0 saturated carbocycles. The molecule has 0 aliphatic heterocycles. The zero-order chi connectivity index (χ0) is 14.2. The average Bonchev–Trinajstić information content (AvgIpc) is 2.71. The number of aromatic carboxylic acids is 1. The topological polar surface area (TPSA) is 68.0 Å². The van der Waals surface area contributed by atoms with Crippen LogP contribution in [0.3, 0.4) is 0 Å². The summed E-state index contributed by atoms with van der Waals surface area (Å²) in [4.78, 5) is 12.7. The van der Waals surface area contributed by atoms with E-state index in [1.807, 2.05) is 39.8 Å². The first-order valence-electron chi connectivity index (χ1n) is 6.20. The Morgan fingerprint density at radius 3 is 2.26 bits per heavy atom. The van der Waals surface area contributed by atoms with Gasteiger partial charge in [-0.15, -0.1) is 5.10 Å². The highest BCUT2D eigenvalue weighted by molar-refractivity contribution is 5.93. The van der Waals surface area contributed by atoms with Crippen molar-refractivity contribution >= 4 is 5.97 Å². The summed E-state index contributed by atoms with van der Waals surface area (Å²) in [7, 11) is 0. The van der Waals surface area contributed by atoms with Gasteiger partial charge < -0.3 is 5.11 Å². The van der Waals surface area contributed by atoms with E-state index in [4.69, 9.17) is 0 Å². The van der Waals surface area contributed by atoms with Crippen LogP contribution in [0.2, 0.25) is 0 Å². The predicted octanol–water partition coefficient (Wildman–Crippen LogP) is 2.59. The van der Waals surface area contributed by atoms with Gasteiger partial charge in [-0.3, -0.25) is 0 Å². The van der Waals surface area contributed by atoms with Gasteiger partial charge in [-0.2, -0.15) is 9.90 Å². The molecule has 1 aromatic heterocycles. The van der Waals surface area contributed by atoms with Gasteiger partial charge in [0.15, 0.2) is 5.69 Å². The molecule has 1 N–H and O–H groups in total. The Balaban J connectivity index is 2.71. The van der Waals surface area contributed by atoms with Gasteiger partial charge in [0, 0.05) is 5.56 Å². The summed E-state index contributed by atoms with van der Waals surface area (Å²) in [6.07, 6.45) is 0. The molecule has 0 atom stereocenters. The van der Waals surface area contributed by atoms with Gasteiger partial charge in [0.05, 0.1) is 6.54 Å². The number of benzene rings is 1. The fourth-order valence-electron chi connectivity index (χ4n) is 2.36. The maximum absolute atomic E-state index is 11.3. The lowest BCUT2D eigenvalue weighted by atomic mass is 9.96. The maximum atomic E-state index is 11.3. The largest absolute Gasteiger partial charge is 0.476 e. The van der Waals surface area contributed by atoms with E-state index in [1.165, 1.54) is 4.80 Å². The Morgan fingerprint density at radius 2 is 1.79 bits per heavy atom. The summed E-state index contributed by atoms with van der Waals surface area (Å²) < 4.78 is 0. The second-order valence-corrected chi connectivity index (χ2v) is 4.66. The minimum Gasteiger partial charge on any atom is -0.476 e. The summed E-state index contributed by atoms with van der Waals surface area (Å²) in [5.74, 6) is -1.05. The molecule has 0 spiro atoms. The molecule has 0 unspecified atom stereocenters. The van der Waals surface area contributed by atoms with Gasteiger partial charge in [0.1, 0.15) is 5.69 Å². The van der Waals surface area contributed by atoms with Gasteiger partial charge in [-0.25, -0.2) is 4.79 Å². The molecule has 0 fully saturated rings. The van der Waals surface area contributed by atoms with Crippen LogP contribution in [0.5, 0.6) is 0 Å². The van der Waals surface area contributed by atoms with E-state index in [-0.39, 0.29) is 5.69 Å². The van der Waals surface area contributed by atoms with Crippen LogP contribution >= 0.6 is 0 Å². The fourth-order valence-corrected chi connectivity index (χ4v) is 2.36. The van der Waals surface area contributed by atoms with Crippen LogP contribution in [0, 0.1) is 20.8 Å². The molecule has 0 amide bonds. The summed E-state index contributed by atoms with van der Waals surface area (Å²) in [5.41, 5.74) is 4.51. The molecule has 5 nitrogen and oxygen atoms in total. The Kier molecular flexibility index (Phi) is 3.38. The lowest BCUT2D eigenvalue weighted by molar-refractivity contribution is 0.0690. The first-order chi connectivity index (χ1) is 8.93. The van der Waals surface area contributed by atoms with E-state index in [2.05, 4.69) is 10.2 Å². The SMILES string of the molecule is CCn1nc(C(=O)O)c(-c2c(C)cc(C)cc2C)n1. The second kappa shape index (κ2) is 4.84. The highest BCUT2D eigenvalue weighted by atomic mass is 16.4. The molecular weight excluding hydrogens is 242 g/mol. The molecule has 1 aromatic carbocycles. The smallest absolute Gasteiger partial charge is 0.358 e. The molecule has 100 valence electrons. The van der Waals surface area contributed by atoms with Crippen molar-refractivity contribution in [1.82, 2.24) is 15.0 Å². The Bertz CT molecular complexity index is 621. The van der Waals surface area contributed by atoms with Gasteiger partial charge >= 0.3 is 5.97 Å². The number of hydrogen-bond donors (Lipinski definition) is 1. The van der Waals surface area contributed by atoms with Crippen molar-refractivity contribution in [2.45, 2.75) is 34.2 Å². The third-order valence-electron chi connectivity index (χ3n) is 3.05. The second-order valence-electron chi connectivity index (χ2n) is 4.66. The zero-order valence-electron chi connectivity index (χ0n) is 11.6. The van der Waals surface area contributed by atoms with Crippen molar-refractivity contribution in [1.29, 1.82) is 0 Å². The number of hydrogen-bond acceptors (Lipinski definition) is 3. The van der Waals surface area contributed by atoms with Crippen molar-refractivity contribution in [3.05, 3.63) is 34.5 Å². The van der Waals surface area contributed by atoms with Crippen LogP contribution in [0.1, 0.15) is 34.1 Å². The Labute approximate surface area is 111 Å². The Hall–Kier alpha value is -2.17. The summed E-state index contributed by atoms with van der Waals surface area (Å²) in [6.45, 7) is 8.37. The molecule has 0 aliphatic rings. The number of rotatable bonds is 3. The number of nitrogens with zero attached hydrogens (tertiary/aromatic N) is 3. The highest BCUT2D eigenvalue weighted by Crippen LogP contribution is 2.28. The molecule has 1 heterocycles. The average molecular weight is 259 g/mol. The highest BCUT2D eigenvalue weighted by Gasteiger charge is 2.21. The number of aryl methyl sites for hydroxylation is 4. The third kappa shape index (κ3) is 2.36. The van der Waals surface area contributed by atoms with Gasteiger partial charge in [0.25, 0.3) is 0 Å². The number of carboxylic acids is 1. The normalized spacial score (nSPS) is 10.7. The van der Waals surface area contributed by atoms with Crippen molar-refractivity contribution < 1.29 is 9.90 Å². The quantitative estimate of drug-likeness (QED) is 0.919. The van der Waals surface area contributed by atoms with Crippen LogP contribution in [-0.4, -0.2) is 26.1 Å². The van der Waals surface area contributed by atoms with E-state index in [1.54, 1.807) is 0 Å². The van der Waals surface area contributed by atoms with Crippen LogP contribution < -0.4 is 0 Å². The zero-order valence-corrected chi connectivity index (χ0v) is 11.6. The van der Waals surface area contributed by atoms with Gasteiger partial charge in [-0.05, 0) is 38.8 Å². The van der Waals surface area contributed by atoms with Crippen molar-refractivity contribution in [2.24, 2.45) is 0 Å². The predicted molar refractivity (Wildman–Crippen MR) is 72.3 cm³/mol. The van der Waals surface area contributed by atoms with E-state index in [0.717, 1.165) is 22.3 Å². The molecule has 2 aromatic rings. The number of carbonyl (C=O) groups is 1. The van der Waals surface area contributed by atoms with Crippen LogP contribution in [0.25, 0.3) is 11.3 Å². The lowest BCUT2D eigenvalue weighted by Crippen LogP contribution is -2.02. The first-order valence-corrected chi connectivity index (χ1v) is 6.20. The summed E-state index contributed by atoms with van der Waals surface area (Å²) in [6, 6.07) is 4.05. The molecular formula is C14H17N3O2. The van der Waals surface area contributed by atoms with E-state index in [9.17, 15) is 9.90 Å². The maximum Gasteiger partial charge on any atom is 0.358 e. The van der Waals surface area contributed by atoms with Crippen LogP contribution in [0.15, 0.2) is 12.1 Å². The minimum atomic E-state index is -1.05. The molecule has 19 heavy (non-hydrogen) atoms. The monoisotopic (exact) mass is 259 g/mol. The summed E-state index contributed by atoms with van der Waals surface area (Å²) >= 11 is 0. The molecule has 2 rings (SSSR count). The summed E-state index contributed by atoms with van der Waals surface area (Å²) in [5, 5.41) is 17.6. The van der Waals surface area contributed by atoms with Crippen molar-refractivity contribution in [2.75, 3.05) is 0 Å². The molecule has 0 saturated heterocycles. The van der Waals surface area contributed by atoms with Crippen LogP contribution in [-0.2, 0) is 6.54 Å². The van der Waals surface area contributed by atoms with E-state index in [0.29, 0.717) is 12.2 Å². The molecule has 0 radical (unpaired) electrons. The van der Waals surface area contributed by atoms with Crippen LogP contribution in [0.4, 0.5) is 0 Å². The van der Waals surface area contributed by atoms with E-state index < -0.39 is 5.97 Å². The molecule has 0 bridgehead atoms. The van der Waals surface area contributed by atoms with Gasteiger partial charge in [0.2, 0.25) is 0 Å².